The van der Waals surface area contributed by atoms with E-state index < -0.39 is 0 Å². The highest BCUT2D eigenvalue weighted by Crippen LogP contribution is 2.27. The van der Waals surface area contributed by atoms with Crippen molar-refractivity contribution in [2.45, 2.75) is 32.6 Å². The molecule has 116 valence electrons. The zero-order valence-electron chi connectivity index (χ0n) is 12.4. The largest absolute Gasteiger partial charge is 0.295 e. The van der Waals surface area contributed by atoms with Gasteiger partial charge in [-0.2, -0.15) is 5.10 Å². The van der Waals surface area contributed by atoms with Gasteiger partial charge in [0.2, 0.25) is 0 Å². The molecule has 6 heteroatoms. The minimum atomic E-state index is -0.333. The first kappa shape index (κ1) is 14.7. The van der Waals surface area contributed by atoms with Gasteiger partial charge in [0.25, 0.3) is 5.91 Å². The van der Waals surface area contributed by atoms with Crippen molar-refractivity contribution in [1.82, 2.24) is 15.3 Å². The van der Waals surface area contributed by atoms with Crippen molar-refractivity contribution < 1.29 is 14.0 Å². The molecule has 0 radical (unpaired) electrons. The predicted octanol–water partition coefficient (Wildman–Crippen LogP) is 2.57. The monoisotopic (exact) mass is 303 g/mol. The Morgan fingerprint density at radius 2 is 2.05 bits per heavy atom. The van der Waals surface area contributed by atoms with Crippen molar-refractivity contribution >= 4 is 5.91 Å². The molecule has 1 N–H and O–H groups in total. The van der Waals surface area contributed by atoms with Crippen LogP contribution in [-0.4, -0.2) is 22.3 Å². The molecule has 0 atom stereocenters. The van der Waals surface area contributed by atoms with E-state index in [1.54, 1.807) is 23.7 Å². The molecule has 0 bridgehead atoms. The fourth-order valence-corrected chi connectivity index (χ4v) is 2.76. The fraction of sp³-hybridized carbons (Fsp3) is 0.375. The Labute approximate surface area is 128 Å². The lowest BCUT2D eigenvalue weighted by molar-refractivity contribution is 0.0358. The topological polar surface area (TPSA) is 56.1 Å². The van der Waals surface area contributed by atoms with Gasteiger partial charge in [-0.25, -0.2) is 14.6 Å². The van der Waals surface area contributed by atoms with Crippen LogP contribution in [0.5, 0.6) is 0 Å². The van der Waals surface area contributed by atoms with E-state index in [0.29, 0.717) is 12.3 Å². The number of hydrogen-bond acceptors (Lipinski definition) is 3. The second-order valence-corrected chi connectivity index (χ2v) is 5.23. The highest BCUT2D eigenvalue weighted by molar-refractivity contribution is 5.93. The standard InChI is InChI=1S/C16H18FN3O2/c1-2-22-19-16(21)15-13-5-3-4-6-14(13)20(18-15)12-9-7-11(17)8-10-12/h7-10H,2-6H2,1H3,(H,19,21). The third-order valence-electron chi connectivity index (χ3n) is 3.78. The molecule has 0 saturated heterocycles. The fourth-order valence-electron chi connectivity index (χ4n) is 2.76. The molecule has 0 spiro atoms. The van der Waals surface area contributed by atoms with E-state index in [2.05, 4.69) is 10.6 Å². The number of halogens is 1. The molecule has 0 unspecified atom stereocenters. The van der Waals surface area contributed by atoms with Gasteiger partial charge < -0.3 is 0 Å². The van der Waals surface area contributed by atoms with Crippen LogP contribution in [0.3, 0.4) is 0 Å². The Balaban J connectivity index is 2.02. The quantitative estimate of drug-likeness (QED) is 0.883. The number of nitrogens with zero attached hydrogens (tertiary/aromatic N) is 2. The number of aromatic nitrogens is 2. The van der Waals surface area contributed by atoms with Gasteiger partial charge >= 0.3 is 0 Å². The van der Waals surface area contributed by atoms with Crippen molar-refractivity contribution in [2.24, 2.45) is 0 Å². The number of carbonyl (C=O) groups is 1. The summed E-state index contributed by atoms with van der Waals surface area (Å²) < 4.78 is 14.8. The lowest BCUT2D eigenvalue weighted by Crippen LogP contribution is -2.25. The van der Waals surface area contributed by atoms with Gasteiger partial charge in [0.05, 0.1) is 12.3 Å². The molecule has 1 aliphatic carbocycles. The van der Waals surface area contributed by atoms with Crippen LogP contribution in [0, 0.1) is 5.82 Å². The Morgan fingerprint density at radius 3 is 2.77 bits per heavy atom. The Morgan fingerprint density at radius 1 is 1.32 bits per heavy atom. The number of carbonyl (C=O) groups excluding carboxylic acids is 1. The maximum absolute atomic E-state index is 13.1. The summed E-state index contributed by atoms with van der Waals surface area (Å²) in [4.78, 5) is 17.2. The summed E-state index contributed by atoms with van der Waals surface area (Å²) in [7, 11) is 0. The molecular formula is C16H18FN3O2. The molecule has 22 heavy (non-hydrogen) atoms. The average molecular weight is 303 g/mol. The van der Waals surface area contributed by atoms with Gasteiger partial charge in [0.15, 0.2) is 5.69 Å². The Bertz CT molecular complexity index is 679. The highest BCUT2D eigenvalue weighted by Gasteiger charge is 2.25. The van der Waals surface area contributed by atoms with Crippen LogP contribution >= 0.6 is 0 Å². The van der Waals surface area contributed by atoms with Crippen molar-refractivity contribution in [2.75, 3.05) is 6.61 Å². The Kier molecular flexibility index (Phi) is 4.20. The van der Waals surface area contributed by atoms with Crippen LogP contribution in [-0.2, 0) is 17.7 Å². The van der Waals surface area contributed by atoms with Gasteiger partial charge in [-0.1, -0.05) is 0 Å². The van der Waals surface area contributed by atoms with E-state index in [1.807, 2.05) is 0 Å². The van der Waals surface area contributed by atoms with Crippen LogP contribution in [0.1, 0.15) is 41.5 Å². The molecule has 0 saturated carbocycles. The van der Waals surface area contributed by atoms with Crippen molar-refractivity contribution in [3.05, 3.63) is 47.0 Å². The van der Waals surface area contributed by atoms with E-state index >= 15 is 0 Å². The molecule has 1 amide bonds. The molecule has 1 heterocycles. The molecule has 2 aromatic rings. The first-order chi connectivity index (χ1) is 10.7. The smallest absolute Gasteiger partial charge is 0.274 e. The summed E-state index contributed by atoms with van der Waals surface area (Å²) in [5.74, 6) is -0.625. The molecule has 0 fully saturated rings. The van der Waals surface area contributed by atoms with Crippen molar-refractivity contribution in [1.29, 1.82) is 0 Å². The zero-order valence-corrected chi connectivity index (χ0v) is 12.4. The highest BCUT2D eigenvalue weighted by atomic mass is 19.1. The van der Waals surface area contributed by atoms with E-state index in [1.165, 1.54) is 12.1 Å². The van der Waals surface area contributed by atoms with Gasteiger partial charge in [-0.05, 0) is 56.9 Å². The van der Waals surface area contributed by atoms with Gasteiger partial charge in [-0.15, -0.1) is 0 Å². The Hall–Kier alpha value is -2.21. The molecule has 1 aromatic carbocycles. The third kappa shape index (κ3) is 2.74. The number of hydroxylamine groups is 1. The third-order valence-corrected chi connectivity index (χ3v) is 3.78. The summed E-state index contributed by atoms with van der Waals surface area (Å²) in [6.45, 7) is 2.19. The second-order valence-electron chi connectivity index (χ2n) is 5.23. The first-order valence-corrected chi connectivity index (χ1v) is 7.49. The summed E-state index contributed by atoms with van der Waals surface area (Å²) in [6, 6.07) is 6.13. The summed E-state index contributed by atoms with van der Waals surface area (Å²) in [5, 5.41) is 4.45. The lowest BCUT2D eigenvalue weighted by Gasteiger charge is -2.14. The van der Waals surface area contributed by atoms with Gasteiger partial charge in [0.1, 0.15) is 5.82 Å². The van der Waals surface area contributed by atoms with E-state index in [-0.39, 0.29) is 11.7 Å². The SMILES string of the molecule is CCONC(=O)c1nn(-c2ccc(F)cc2)c2c1CCCC2. The number of fused-ring (bicyclic) bond motifs is 1. The number of hydrogen-bond donors (Lipinski definition) is 1. The normalized spacial score (nSPS) is 13.7. The van der Waals surface area contributed by atoms with Crippen LogP contribution in [0.2, 0.25) is 0 Å². The van der Waals surface area contributed by atoms with Gasteiger partial charge in [-0.3, -0.25) is 9.63 Å². The molecule has 3 rings (SSSR count). The van der Waals surface area contributed by atoms with Crippen LogP contribution < -0.4 is 5.48 Å². The van der Waals surface area contributed by atoms with Crippen LogP contribution in [0.4, 0.5) is 4.39 Å². The molecule has 1 aromatic heterocycles. The minimum Gasteiger partial charge on any atom is -0.274 e. The summed E-state index contributed by atoms with van der Waals surface area (Å²) in [6.07, 6.45) is 3.79. The lowest BCUT2D eigenvalue weighted by atomic mass is 9.95. The molecule has 1 aliphatic rings. The first-order valence-electron chi connectivity index (χ1n) is 7.49. The molecular weight excluding hydrogens is 285 g/mol. The zero-order chi connectivity index (χ0) is 15.5. The minimum absolute atomic E-state index is 0.293. The van der Waals surface area contributed by atoms with E-state index in [4.69, 9.17) is 4.84 Å². The molecule has 0 aliphatic heterocycles. The number of benzene rings is 1. The summed E-state index contributed by atoms with van der Waals surface area (Å²) >= 11 is 0. The van der Waals surface area contributed by atoms with Crippen molar-refractivity contribution in [3.8, 4) is 5.69 Å². The maximum atomic E-state index is 13.1. The van der Waals surface area contributed by atoms with E-state index in [0.717, 1.165) is 42.6 Å². The number of rotatable bonds is 4. The van der Waals surface area contributed by atoms with Crippen LogP contribution in [0.25, 0.3) is 5.69 Å². The van der Waals surface area contributed by atoms with Crippen LogP contribution in [0.15, 0.2) is 24.3 Å². The summed E-state index contributed by atoms with van der Waals surface area (Å²) in [5.41, 5.74) is 5.55. The predicted molar refractivity (Wildman–Crippen MR) is 79.3 cm³/mol. The molecule has 5 nitrogen and oxygen atoms in total. The van der Waals surface area contributed by atoms with Crippen molar-refractivity contribution in [3.63, 3.8) is 0 Å². The second kappa shape index (κ2) is 6.27. The van der Waals surface area contributed by atoms with E-state index in [9.17, 15) is 9.18 Å². The number of amides is 1. The maximum Gasteiger partial charge on any atom is 0.295 e. The number of nitrogens with one attached hydrogen (secondary N) is 1. The average Bonchev–Trinajstić information content (AvgIpc) is 2.93. The van der Waals surface area contributed by atoms with Gasteiger partial charge in [0, 0.05) is 11.3 Å².